The number of benzene rings is 1. The first kappa shape index (κ1) is 15.3. The molecule has 1 amide bonds. The summed E-state index contributed by atoms with van der Waals surface area (Å²) in [4.78, 5) is 14.2. The average molecular weight is 306 g/mol. The van der Waals surface area contributed by atoms with Gasteiger partial charge in [-0.1, -0.05) is 0 Å². The van der Waals surface area contributed by atoms with E-state index in [0.717, 1.165) is 24.9 Å². The minimum Gasteiger partial charge on any atom is -0.396 e. The van der Waals surface area contributed by atoms with Gasteiger partial charge in [0, 0.05) is 38.3 Å². The van der Waals surface area contributed by atoms with Crippen molar-refractivity contribution >= 4 is 11.6 Å². The third-order valence-corrected chi connectivity index (χ3v) is 5.31. The van der Waals surface area contributed by atoms with Gasteiger partial charge in [-0.15, -0.1) is 0 Å². The highest BCUT2D eigenvalue weighted by Gasteiger charge is 2.47. The molecule has 4 nitrogen and oxygen atoms in total. The van der Waals surface area contributed by atoms with Crippen molar-refractivity contribution in [1.82, 2.24) is 5.32 Å². The van der Waals surface area contributed by atoms with Crippen LogP contribution in [0, 0.1) is 23.6 Å². The molecule has 4 atom stereocenters. The van der Waals surface area contributed by atoms with E-state index in [0.29, 0.717) is 11.8 Å². The van der Waals surface area contributed by atoms with Crippen LogP contribution in [0.3, 0.4) is 0 Å². The van der Waals surface area contributed by atoms with Crippen LogP contribution in [-0.4, -0.2) is 37.8 Å². The molecule has 0 aromatic heterocycles. The predicted molar refractivity (Wildman–Crippen MR) is 83.4 cm³/mol. The largest absolute Gasteiger partial charge is 0.396 e. The number of aliphatic hydroxyl groups excluding tert-OH is 1. The molecule has 0 heterocycles. The van der Waals surface area contributed by atoms with Crippen LogP contribution in [0.15, 0.2) is 18.2 Å². The summed E-state index contributed by atoms with van der Waals surface area (Å²) in [5, 5.41) is 12.5. The fourth-order valence-electron chi connectivity index (χ4n) is 4.09. The SMILES string of the molecule is CN(C)c1ccc(C(=O)N[C@@H]2[C@H]3CC[C@@H](C3)[C@@H]2CO)c(F)c1. The molecule has 2 fully saturated rings. The lowest BCUT2D eigenvalue weighted by Crippen LogP contribution is -2.45. The molecule has 0 unspecified atom stereocenters. The van der Waals surface area contributed by atoms with Crippen molar-refractivity contribution < 1.29 is 14.3 Å². The van der Waals surface area contributed by atoms with Gasteiger partial charge >= 0.3 is 0 Å². The summed E-state index contributed by atoms with van der Waals surface area (Å²) >= 11 is 0. The van der Waals surface area contributed by atoms with Crippen molar-refractivity contribution in [3.63, 3.8) is 0 Å². The average Bonchev–Trinajstić information content (AvgIpc) is 3.07. The number of hydrogen-bond donors (Lipinski definition) is 2. The van der Waals surface area contributed by atoms with E-state index in [4.69, 9.17) is 0 Å². The zero-order valence-electron chi connectivity index (χ0n) is 13.1. The van der Waals surface area contributed by atoms with Gasteiger partial charge in [0.25, 0.3) is 5.91 Å². The third-order valence-electron chi connectivity index (χ3n) is 5.31. The number of rotatable bonds is 4. The zero-order valence-corrected chi connectivity index (χ0v) is 13.1. The maximum absolute atomic E-state index is 14.2. The summed E-state index contributed by atoms with van der Waals surface area (Å²) in [7, 11) is 3.66. The lowest BCUT2D eigenvalue weighted by molar-refractivity contribution is 0.0857. The highest BCUT2D eigenvalue weighted by molar-refractivity contribution is 5.95. The fraction of sp³-hybridized carbons (Fsp3) is 0.588. The Kier molecular flexibility index (Phi) is 4.08. The van der Waals surface area contributed by atoms with E-state index in [-0.39, 0.29) is 30.0 Å². The quantitative estimate of drug-likeness (QED) is 0.895. The number of amides is 1. The molecule has 1 aromatic carbocycles. The van der Waals surface area contributed by atoms with Crippen LogP contribution < -0.4 is 10.2 Å². The second kappa shape index (κ2) is 5.88. The molecule has 0 radical (unpaired) electrons. The second-order valence-electron chi connectivity index (χ2n) is 6.74. The molecule has 22 heavy (non-hydrogen) atoms. The Hall–Kier alpha value is -1.62. The molecule has 0 spiro atoms. The summed E-state index contributed by atoms with van der Waals surface area (Å²) in [5.41, 5.74) is 0.798. The van der Waals surface area contributed by atoms with E-state index in [2.05, 4.69) is 5.32 Å². The van der Waals surface area contributed by atoms with Gasteiger partial charge in [-0.05, 0) is 49.3 Å². The Balaban J connectivity index is 1.75. The third kappa shape index (κ3) is 2.58. The van der Waals surface area contributed by atoms with Gasteiger partial charge in [0.05, 0.1) is 5.56 Å². The van der Waals surface area contributed by atoms with Crippen molar-refractivity contribution in [3.05, 3.63) is 29.6 Å². The zero-order chi connectivity index (χ0) is 15.9. The first-order valence-electron chi connectivity index (χ1n) is 7.90. The smallest absolute Gasteiger partial charge is 0.254 e. The van der Waals surface area contributed by atoms with Crippen LogP contribution in [0.5, 0.6) is 0 Å². The van der Waals surface area contributed by atoms with Crippen molar-refractivity contribution in [2.45, 2.75) is 25.3 Å². The molecule has 1 aromatic rings. The number of carbonyl (C=O) groups is 1. The van der Waals surface area contributed by atoms with Gasteiger partial charge in [-0.2, -0.15) is 0 Å². The molecule has 2 bridgehead atoms. The number of hydrogen-bond acceptors (Lipinski definition) is 3. The number of fused-ring (bicyclic) bond motifs is 2. The summed E-state index contributed by atoms with van der Waals surface area (Å²) in [5.74, 6) is 0.162. The number of nitrogens with one attached hydrogen (secondary N) is 1. The molecule has 5 heteroatoms. The monoisotopic (exact) mass is 306 g/mol. The normalized spacial score (nSPS) is 29.6. The van der Waals surface area contributed by atoms with Crippen molar-refractivity contribution in [1.29, 1.82) is 0 Å². The Bertz CT molecular complexity index is 576. The minimum atomic E-state index is -0.507. The Morgan fingerprint density at radius 3 is 2.73 bits per heavy atom. The van der Waals surface area contributed by atoms with E-state index in [9.17, 15) is 14.3 Å². The standard InChI is InChI=1S/C17H23FN2O2/c1-20(2)12-5-6-13(15(18)8-12)17(22)19-16-11-4-3-10(7-11)14(16)9-21/h5-6,8,10-11,14,16,21H,3-4,7,9H2,1-2H3,(H,19,22)/t10-,11-,14-,16+/m0/s1. The Morgan fingerprint density at radius 1 is 1.36 bits per heavy atom. The molecular weight excluding hydrogens is 283 g/mol. The molecule has 2 aliphatic carbocycles. The van der Waals surface area contributed by atoms with Gasteiger partial charge in [0.1, 0.15) is 5.82 Å². The van der Waals surface area contributed by atoms with Crippen LogP contribution in [0.2, 0.25) is 0 Å². The van der Waals surface area contributed by atoms with E-state index < -0.39 is 5.82 Å². The van der Waals surface area contributed by atoms with E-state index in [1.807, 2.05) is 14.1 Å². The number of nitrogens with zero attached hydrogens (tertiary/aromatic N) is 1. The van der Waals surface area contributed by atoms with Crippen LogP contribution >= 0.6 is 0 Å². The molecular formula is C17H23FN2O2. The lowest BCUT2D eigenvalue weighted by Gasteiger charge is -2.30. The summed E-state index contributed by atoms with van der Waals surface area (Å²) in [6, 6.07) is 4.62. The van der Waals surface area contributed by atoms with E-state index in [1.165, 1.54) is 12.1 Å². The molecule has 2 saturated carbocycles. The summed E-state index contributed by atoms with van der Waals surface area (Å²) < 4.78 is 14.2. The molecule has 3 rings (SSSR count). The van der Waals surface area contributed by atoms with Crippen LogP contribution in [-0.2, 0) is 0 Å². The van der Waals surface area contributed by atoms with Crippen molar-refractivity contribution in [3.8, 4) is 0 Å². The van der Waals surface area contributed by atoms with Gasteiger partial charge in [-0.25, -0.2) is 4.39 Å². The highest BCUT2D eigenvalue weighted by atomic mass is 19.1. The number of halogens is 1. The first-order valence-corrected chi connectivity index (χ1v) is 7.90. The Labute approximate surface area is 130 Å². The molecule has 2 N–H and O–H groups in total. The minimum absolute atomic E-state index is 0.0239. The first-order chi connectivity index (χ1) is 10.5. The van der Waals surface area contributed by atoms with Crippen molar-refractivity contribution in [2.75, 3.05) is 25.6 Å². The van der Waals surface area contributed by atoms with Gasteiger partial charge in [0.2, 0.25) is 0 Å². The maximum Gasteiger partial charge on any atom is 0.254 e. The fourth-order valence-corrected chi connectivity index (χ4v) is 4.09. The van der Waals surface area contributed by atoms with Crippen LogP contribution in [0.1, 0.15) is 29.6 Å². The molecule has 120 valence electrons. The van der Waals surface area contributed by atoms with Crippen LogP contribution in [0.25, 0.3) is 0 Å². The lowest BCUT2D eigenvalue weighted by atomic mass is 9.85. The van der Waals surface area contributed by atoms with Gasteiger partial charge in [-0.3, -0.25) is 4.79 Å². The summed E-state index contributed by atoms with van der Waals surface area (Å²) in [6.07, 6.45) is 3.29. The predicted octanol–water partition coefficient (Wildman–Crippen LogP) is 2.03. The maximum atomic E-state index is 14.2. The molecule has 2 aliphatic rings. The number of carbonyl (C=O) groups excluding carboxylic acids is 1. The topological polar surface area (TPSA) is 52.6 Å². The summed E-state index contributed by atoms with van der Waals surface area (Å²) in [6.45, 7) is 0.0914. The Morgan fingerprint density at radius 2 is 2.09 bits per heavy atom. The van der Waals surface area contributed by atoms with Gasteiger partial charge in [0.15, 0.2) is 0 Å². The number of aliphatic hydroxyl groups is 1. The van der Waals surface area contributed by atoms with E-state index >= 15 is 0 Å². The van der Waals surface area contributed by atoms with Crippen molar-refractivity contribution in [2.24, 2.45) is 17.8 Å². The van der Waals surface area contributed by atoms with Gasteiger partial charge < -0.3 is 15.3 Å². The molecule has 0 saturated heterocycles. The van der Waals surface area contributed by atoms with E-state index in [1.54, 1.807) is 11.0 Å². The highest BCUT2D eigenvalue weighted by Crippen LogP contribution is 2.48. The molecule has 0 aliphatic heterocycles. The number of anilines is 1. The second-order valence-corrected chi connectivity index (χ2v) is 6.74. The van der Waals surface area contributed by atoms with Crippen LogP contribution in [0.4, 0.5) is 10.1 Å².